The Morgan fingerprint density at radius 3 is 1.20 bits per heavy atom. The van der Waals surface area contributed by atoms with Gasteiger partial charge in [0.25, 0.3) is 0 Å². The van der Waals surface area contributed by atoms with Crippen molar-refractivity contribution in [1.29, 1.82) is 0 Å². The number of allylic oxidation sites excluding steroid dienone is 4. The molecule has 0 unspecified atom stereocenters. The second kappa shape index (κ2) is 15.9. The summed E-state index contributed by atoms with van der Waals surface area (Å²) in [5, 5.41) is 0.924. The summed E-state index contributed by atoms with van der Waals surface area (Å²) in [7, 11) is 0. The molecule has 0 N–H and O–H groups in total. The first kappa shape index (κ1) is 19.9. The zero-order valence-electron chi connectivity index (χ0n) is 10.7. The standard InChI is InChI=1S/C7H12.C4H7Br.C3H6/c1-6(2)5-7(3)4;1-4(2)3-5;1-3-2/h1,3,5H2,2,4H3;1,3H2,2H3;3H,1H2,2H3. The molecule has 0 fully saturated rings. The van der Waals surface area contributed by atoms with E-state index < -0.39 is 0 Å². The molecule has 0 rings (SSSR count). The van der Waals surface area contributed by atoms with Crippen LogP contribution in [0.5, 0.6) is 0 Å². The van der Waals surface area contributed by atoms with E-state index in [-0.39, 0.29) is 0 Å². The minimum absolute atomic E-state index is 0.924. The molecule has 1 heteroatoms. The van der Waals surface area contributed by atoms with E-state index in [1.54, 1.807) is 6.08 Å². The van der Waals surface area contributed by atoms with E-state index >= 15 is 0 Å². The van der Waals surface area contributed by atoms with Crippen molar-refractivity contribution in [2.75, 3.05) is 5.33 Å². The summed E-state index contributed by atoms with van der Waals surface area (Å²) < 4.78 is 0. The third-order valence-corrected chi connectivity index (χ3v) is 1.79. The van der Waals surface area contributed by atoms with Crippen LogP contribution in [0.3, 0.4) is 0 Å². The van der Waals surface area contributed by atoms with Crippen LogP contribution in [0.15, 0.2) is 49.1 Å². The fraction of sp³-hybridized carbons (Fsp3) is 0.429. The molecule has 0 atom stereocenters. The van der Waals surface area contributed by atoms with Gasteiger partial charge in [-0.15, -0.1) is 6.58 Å². The normalized spacial score (nSPS) is 7.27. The van der Waals surface area contributed by atoms with Gasteiger partial charge in [-0.3, -0.25) is 0 Å². The van der Waals surface area contributed by atoms with Crippen molar-refractivity contribution >= 4 is 15.9 Å². The molecular formula is C14H25Br. The summed E-state index contributed by atoms with van der Waals surface area (Å²) >= 11 is 3.21. The van der Waals surface area contributed by atoms with Gasteiger partial charge in [-0.25, -0.2) is 0 Å². The van der Waals surface area contributed by atoms with Crippen molar-refractivity contribution in [3.63, 3.8) is 0 Å². The van der Waals surface area contributed by atoms with E-state index in [4.69, 9.17) is 0 Å². The van der Waals surface area contributed by atoms with E-state index in [0.29, 0.717) is 0 Å². The molecule has 0 nitrogen and oxygen atoms in total. The molecule has 15 heavy (non-hydrogen) atoms. The molecule has 0 bridgehead atoms. The summed E-state index contributed by atoms with van der Waals surface area (Å²) in [6, 6.07) is 0. The quantitative estimate of drug-likeness (QED) is 0.458. The minimum atomic E-state index is 0.924. The van der Waals surface area contributed by atoms with Crippen molar-refractivity contribution in [3.8, 4) is 0 Å². The third kappa shape index (κ3) is 59.4. The number of halogens is 1. The lowest BCUT2D eigenvalue weighted by Crippen LogP contribution is -1.72. The first-order chi connectivity index (χ1) is 6.81. The Morgan fingerprint density at radius 1 is 1.00 bits per heavy atom. The van der Waals surface area contributed by atoms with Crippen LogP contribution in [0, 0.1) is 0 Å². The summed E-state index contributed by atoms with van der Waals surface area (Å²) in [4.78, 5) is 0. The molecule has 0 aliphatic heterocycles. The highest BCUT2D eigenvalue weighted by Crippen LogP contribution is 2.02. The van der Waals surface area contributed by atoms with Crippen LogP contribution in [-0.4, -0.2) is 5.33 Å². The van der Waals surface area contributed by atoms with Gasteiger partial charge in [0, 0.05) is 5.33 Å². The van der Waals surface area contributed by atoms with Crippen LogP contribution in [0.25, 0.3) is 0 Å². The highest BCUT2D eigenvalue weighted by molar-refractivity contribution is 9.09. The molecule has 0 aromatic heterocycles. The predicted octanol–water partition coefficient (Wildman–Crippen LogP) is 5.68. The smallest absolute Gasteiger partial charge is 0.0236 e. The van der Waals surface area contributed by atoms with Crippen LogP contribution in [0.4, 0.5) is 0 Å². The number of hydrogen-bond acceptors (Lipinski definition) is 0. The van der Waals surface area contributed by atoms with Crippen molar-refractivity contribution < 1.29 is 0 Å². The molecule has 0 spiro atoms. The molecule has 0 aliphatic carbocycles. The molecule has 88 valence electrons. The average Bonchev–Trinajstić information content (AvgIpc) is 2.04. The second-order valence-corrected chi connectivity index (χ2v) is 4.15. The van der Waals surface area contributed by atoms with E-state index in [0.717, 1.165) is 11.8 Å². The molecule has 0 radical (unpaired) electrons. The number of alkyl halides is 1. The van der Waals surface area contributed by atoms with Crippen molar-refractivity contribution in [1.82, 2.24) is 0 Å². The summed E-state index contributed by atoms with van der Waals surface area (Å²) in [6.45, 7) is 22.3. The Balaban J connectivity index is -0.000000158. The van der Waals surface area contributed by atoms with Gasteiger partial charge in [-0.05, 0) is 34.1 Å². The maximum Gasteiger partial charge on any atom is 0.0236 e. The molecule has 0 aromatic carbocycles. The van der Waals surface area contributed by atoms with Crippen molar-refractivity contribution in [3.05, 3.63) is 49.1 Å². The van der Waals surface area contributed by atoms with Crippen LogP contribution >= 0.6 is 15.9 Å². The minimum Gasteiger partial charge on any atom is -0.103 e. The summed E-state index contributed by atoms with van der Waals surface area (Å²) in [5.41, 5.74) is 3.55. The van der Waals surface area contributed by atoms with Crippen molar-refractivity contribution in [2.24, 2.45) is 0 Å². The van der Waals surface area contributed by atoms with Gasteiger partial charge in [-0.2, -0.15) is 0 Å². The van der Waals surface area contributed by atoms with Gasteiger partial charge in [0.15, 0.2) is 0 Å². The van der Waals surface area contributed by atoms with E-state index in [1.165, 1.54) is 16.7 Å². The maximum absolute atomic E-state index is 3.73. The fourth-order valence-electron chi connectivity index (χ4n) is 0.515. The van der Waals surface area contributed by atoms with Gasteiger partial charge in [0.1, 0.15) is 0 Å². The lowest BCUT2D eigenvalue weighted by Gasteiger charge is -1.93. The van der Waals surface area contributed by atoms with E-state index in [1.807, 2.05) is 27.7 Å². The predicted molar refractivity (Wildman–Crippen MR) is 78.7 cm³/mol. The maximum atomic E-state index is 3.73. The van der Waals surface area contributed by atoms with Crippen LogP contribution in [0.1, 0.15) is 34.1 Å². The highest BCUT2D eigenvalue weighted by Gasteiger charge is 1.82. The Hall–Kier alpha value is -0.560. The Labute approximate surface area is 105 Å². The largest absolute Gasteiger partial charge is 0.103 e. The Kier molecular flexibility index (Phi) is 21.1. The van der Waals surface area contributed by atoms with Crippen LogP contribution in [0.2, 0.25) is 0 Å². The summed E-state index contributed by atoms with van der Waals surface area (Å²) in [6.07, 6.45) is 2.72. The molecule has 0 heterocycles. The Morgan fingerprint density at radius 2 is 1.20 bits per heavy atom. The van der Waals surface area contributed by atoms with Gasteiger partial charge in [0.2, 0.25) is 0 Å². The molecular weight excluding hydrogens is 248 g/mol. The van der Waals surface area contributed by atoms with Crippen molar-refractivity contribution in [2.45, 2.75) is 34.1 Å². The van der Waals surface area contributed by atoms with E-state index in [2.05, 4.69) is 42.2 Å². The average molecular weight is 273 g/mol. The fourth-order valence-corrected chi connectivity index (χ4v) is 0.515. The highest BCUT2D eigenvalue weighted by atomic mass is 79.9. The monoisotopic (exact) mass is 272 g/mol. The third-order valence-electron chi connectivity index (χ3n) is 0.832. The van der Waals surface area contributed by atoms with Crippen LogP contribution < -0.4 is 0 Å². The summed E-state index contributed by atoms with van der Waals surface area (Å²) in [5.74, 6) is 0. The van der Waals surface area contributed by atoms with Crippen LogP contribution in [-0.2, 0) is 0 Å². The lowest BCUT2D eigenvalue weighted by molar-refractivity contribution is 1.13. The number of rotatable bonds is 3. The molecule has 0 aromatic rings. The molecule has 0 saturated carbocycles. The first-order valence-electron chi connectivity index (χ1n) is 4.87. The Bertz CT molecular complexity index is 187. The lowest BCUT2D eigenvalue weighted by atomic mass is 10.1. The van der Waals surface area contributed by atoms with Gasteiger partial charge in [0.05, 0.1) is 0 Å². The molecule has 0 amide bonds. The zero-order chi connectivity index (χ0) is 12.9. The van der Waals surface area contributed by atoms with Gasteiger partial charge < -0.3 is 0 Å². The van der Waals surface area contributed by atoms with Gasteiger partial charge >= 0.3 is 0 Å². The van der Waals surface area contributed by atoms with Gasteiger partial charge in [-0.1, -0.05) is 58.5 Å². The SMILES string of the molecule is C=C(C)CBr.C=C(C)CC(=C)C.C=CC. The molecule has 0 aliphatic rings. The topological polar surface area (TPSA) is 0 Å². The zero-order valence-corrected chi connectivity index (χ0v) is 12.3. The second-order valence-electron chi connectivity index (χ2n) is 3.59. The number of hydrogen-bond donors (Lipinski definition) is 0. The van der Waals surface area contributed by atoms with E-state index in [9.17, 15) is 0 Å². The molecule has 0 saturated heterocycles. The first-order valence-corrected chi connectivity index (χ1v) is 6.00.